The van der Waals surface area contributed by atoms with Crippen molar-refractivity contribution in [2.24, 2.45) is 11.1 Å². The molecule has 2 N–H and O–H groups in total. The summed E-state index contributed by atoms with van der Waals surface area (Å²) in [5.41, 5.74) is 7.83. The van der Waals surface area contributed by atoms with Gasteiger partial charge in [0.25, 0.3) is 0 Å². The van der Waals surface area contributed by atoms with E-state index in [9.17, 15) is 0 Å². The molecule has 19 heavy (non-hydrogen) atoms. The molecule has 2 aromatic rings. The molecule has 0 radical (unpaired) electrons. The average molecular weight is 320 g/mol. The fourth-order valence-electron chi connectivity index (χ4n) is 1.77. The Morgan fingerprint density at radius 2 is 1.84 bits per heavy atom. The standard InChI is InChI=1S/C15H18BrN3/c1-15(2,10-17)9-14-18-8-7-13(19-14)11-3-5-12(16)6-4-11/h3-8H,9-10,17H2,1-2H3. The Morgan fingerprint density at radius 3 is 2.47 bits per heavy atom. The van der Waals surface area contributed by atoms with Crippen molar-refractivity contribution in [3.63, 3.8) is 0 Å². The molecule has 0 saturated carbocycles. The van der Waals surface area contributed by atoms with Crippen LogP contribution in [-0.2, 0) is 6.42 Å². The van der Waals surface area contributed by atoms with Crippen LogP contribution in [0.15, 0.2) is 41.0 Å². The van der Waals surface area contributed by atoms with Crippen LogP contribution in [-0.4, -0.2) is 16.5 Å². The van der Waals surface area contributed by atoms with E-state index in [0.717, 1.165) is 28.0 Å². The number of benzene rings is 1. The first kappa shape index (κ1) is 14.2. The van der Waals surface area contributed by atoms with Crippen molar-refractivity contribution < 1.29 is 0 Å². The van der Waals surface area contributed by atoms with Gasteiger partial charge in [0, 0.05) is 22.7 Å². The molecule has 100 valence electrons. The average Bonchev–Trinajstić information content (AvgIpc) is 2.39. The molecule has 0 atom stereocenters. The van der Waals surface area contributed by atoms with E-state index in [1.165, 1.54) is 0 Å². The maximum atomic E-state index is 5.76. The molecule has 0 spiro atoms. The van der Waals surface area contributed by atoms with Gasteiger partial charge in [-0.05, 0) is 30.2 Å². The van der Waals surface area contributed by atoms with Crippen molar-refractivity contribution in [3.8, 4) is 11.3 Å². The fourth-order valence-corrected chi connectivity index (χ4v) is 2.03. The molecular formula is C15H18BrN3. The van der Waals surface area contributed by atoms with Crippen molar-refractivity contribution in [3.05, 3.63) is 46.8 Å². The summed E-state index contributed by atoms with van der Waals surface area (Å²) in [7, 11) is 0. The summed E-state index contributed by atoms with van der Waals surface area (Å²) in [6.07, 6.45) is 2.60. The minimum atomic E-state index is 0.0261. The maximum absolute atomic E-state index is 5.76. The molecule has 0 amide bonds. The van der Waals surface area contributed by atoms with Gasteiger partial charge in [-0.25, -0.2) is 9.97 Å². The molecular weight excluding hydrogens is 302 g/mol. The number of hydrogen-bond donors (Lipinski definition) is 1. The van der Waals surface area contributed by atoms with Gasteiger partial charge in [-0.2, -0.15) is 0 Å². The van der Waals surface area contributed by atoms with Crippen molar-refractivity contribution in [2.45, 2.75) is 20.3 Å². The number of nitrogens with zero attached hydrogens (tertiary/aromatic N) is 2. The third-order valence-corrected chi connectivity index (χ3v) is 3.56. The quantitative estimate of drug-likeness (QED) is 0.939. The zero-order valence-corrected chi connectivity index (χ0v) is 12.8. The highest BCUT2D eigenvalue weighted by Gasteiger charge is 2.18. The predicted molar refractivity (Wildman–Crippen MR) is 81.7 cm³/mol. The summed E-state index contributed by atoms with van der Waals surface area (Å²) in [5.74, 6) is 0.843. The van der Waals surface area contributed by atoms with Gasteiger partial charge in [0.15, 0.2) is 0 Å². The number of halogens is 1. The lowest BCUT2D eigenvalue weighted by Crippen LogP contribution is -2.26. The molecule has 0 unspecified atom stereocenters. The van der Waals surface area contributed by atoms with Crippen LogP contribution in [0.4, 0.5) is 0 Å². The number of hydrogen-bond acceptors (Lipinski definition) is 3. The van der Waals surface area contributed by atoms with Crippen LogP contribution in [0.5, 0.6) is 0 Å². The van der Waals surface area contributed by atoms with Crippen LogP contribution in [0, 0.1) is 5.41 Å². The minimum Gasteiger partial charge on any atom is -0.330 e. The van der Waals surface area contributed by atoms with E-state index >= 15 is 0 Å². The molecule has 0 aliphatic heterocycles. The van der Waals surface area contributed by atoms with E-state index in [2.05, 4.69) is 39.7 Å². The van der Waals surface area contributed by atoms with Gasteiger partial charge in [-0.15, -0.1) is 0 Å². The Bertz CT molecular complexity index is 550. The second-order valence-electron chi connectivity index (χ2n) is 5.41. The summed E-state index contributed by atoms with van der Waals surface area (Å²) in [4.78, 5) is 8.96. The van der Waals surface area contributed by atoms with Crippen LogP contribution < -0.4 is 5.73 Å². The molecule has 1 heterocycles. The second-order valence-corrected chi connectivity index (χ2v) is 6.33. The highest BCUT2D eigenvalue weighted by Crippen LogP contribution is 2.22. The van der Waals surface area contributed by atoms with Crippen molar-refractivity contribution >= 4 is 15.9 Å². The van der Waals surface area contributed by atoms with Gasteiger partial charge in [-0.1, -0.05) is 41.9 Å². The van der Waals surface area contributed by atoms with Crippen LogP contribution in [0.3, 0.4) is 0 Å². The number of aromatic nitrogens is 2. The monoisotopic (exact) mass is 319 g/mol. The van der Waals surface area contributed by atoms with Gasteiger partial charge >= 0.3 is 0 Å². The molecule has 0 aliphatic carbocycles. The lowest BCUT2D eigenvalue weighted by atomic mass is 9.89. The Hall–Kier alpha value is -1.26. The third kappa shape index (κ3) is 3.85. The Morgan fingerprint density at radius 1 is 1.16 bits per heavy atom. The van der Waals surface area contributed by atoms with Crippen molar-refractivity contribution in [1.82, 2.24) is 9.97 Å². The van der Waals surface area contributed by atoms with Gasteiger partial charge < -0.3 is 5.73 Å². The van der Waals surface area contributed by atoms with Gasteiger partial charge in [0.1, 0.15) is 5.82 Å². The molecule has 2 rings (SSSR count). The SMILES string of the molecule is CC(C)(CN)Cc1nccc(-c2ccc(Br)cc2)n1. The van der Waals surface area contributed by atoms with Crippen molar-refractivity contribution in [2.75, 3.05) is 6.54 Å². The van der Waals surface area contributed by atoms with E-state index in [-0.39, 0.29) is 5.41 Å². The Labute approximate surface area is 122 Å². The number of rotatable bonds is 4. The predicted octanol–water partition coefficient (Wildman–Crippen LogP) is 3.43. The van der Waals surface area contributed by atoms with Crippen LogP contribution in [0.25, 0.3) is 11.3 Å². The lowest BCUT2D eigenvalue weighted by molar-refractivity contribution is 0.368. The second kappa shape index (κ2) is 5.80. The summed E-state index contributed by atoms with van der Waals surface area (Å²) < 4.78 is 1.06. The Balaban J connectivity index is 2.27. The summed E-state index contributed by atoms with van der Waals surface area (Å²) in [5, 5.41) is 0. The van der Waals surface area contributed by atoms with Gasteiger partial charge in [0.2, 0.25) is 0 Å². The zero-order valence-electron chi connectivity index (χ0n) is 11.2. The largest absolute Gasteiger partial charge is 0.330 e. The number of nitrogens with two attached hydrogens (primary N) is 1. The van der Waals surface area contributed by atoms with Crippen LogP contribution >= 0.6 is 15.9 Å². The maximum Gasteiger partial charge on any atom is 0.129 e. The van der Waals surface area contributed by atoms with E-state index < -0.39 is 0 Å². The molecule has 0 bridgehead atoms. The normalized spacial score (nSPS) is 11.6. The molecule has 1 aromatic heterocycles. The zero-order chi connectivity index (χ0) is 13.9. The summed E-state index contributed by atoms with van der Waals surface area (Å²) in [6.45, 7) is 4.88. The first-order valence-corrected chi connectivity index (χ1v) is 7.07. The van der Waals surface area contributed by atoms with E-state index in [4.69, 9.17) is 5.73 Å². The minimum absolute atomic E-state index is 0.0261. The first-order chi connectivity index (χ1) is 9.00. The summed E-state index contributed by atoms with van der Waals surface area (Å²) >= 11 is 3.43. The topological polar surface area (TPSA) is 51.8 Å². The molecule has 0 saturated heterocycles. The van der Waals surface area contributed by atoms with Crippen LogP contribution in [0.1, 0.15) is 19.7 Å². The Kier molecular flexibility index (Phi) is 4.32. The molecule has 4 heteroatoms. The molecule has 0 aliphatic rings. The molecule has 0 fully saturated rings. The van der Waals surface area contributed by atoms with Crippen molar-refractivity contribution in [1.29, 1.82) is 0 Å². The van der Waals surface area contributed by atoms with E-state index in [0.29, 0.717) is 6.54 Å². The van der Waals surface area contributed by atoms with E-state index in [1.807, 2.05) is 36.5 Å². The fraction of sp³-hybridized carbons (Fsp3) is 0.333. The smallest absolute Gasteiger partial charge is 0.129 e. The van der Waals surface area contributed by atoms with E-state index in [1.54, 1.807) is 0 Å². The van der Waals surface area contributed by atoms with Gasteiger partial charge in [0.05, 0.1) is 5.69 Å². The molecule has 1 aromatic carbocycles. The highest BCUT2D eigenvalue weighted by atomic mass is 79.9. The summed E-state index contributed by atoms with van der Waals surface area (Å²) in [6, 6.07) is 10.1. The lowest BCUT2D eigenvalue weighted by Gasteiger charge is -2.21. The third-order valence-electron chi connectivity index (χ3n) is 3.03. The highest BCUT2D eigenvalue weighted by molar-refractivity contribution is 9.10. The van der Waals surface area contributed by atoms with Crippen LogP contribution in [0.2, 0.25) is 0 Å². The first-order valence-electron chi connectivity index (χ1n) is 6.28. The van der Waals surface area contributed by atoms with Gasteiger partial charge in [-0.3, -0.25) is 0 Å². The molecule has 3 nitrogen and oxygen atoms in total.